The summed E-state index contributed by atoms with van der Waals surface area (Å²) < 4.78 is 112. The first-order valence-corrected chi connectivity index (χ1v) is 12.3. The van der Waals surface area contributed by atoms with E-state index in [4.69, 9.17) is 10.5 Å². The summed E-state index contributed by atoms with van der Waals surface area (Å²) in [7, 11) is -3.37. The van der Waals surface area contributed by atoms with Gasteiger partial charge < -0.3 is 20.7 Å². The predicted octanol–water partition coefficient (Wildman–Crippen LogP) is 2.64. The molecular weight excluding hydrogens is 532 g/mol. The molecule has 0 spiro atoms. The van der Waals surface area contributed by atoms with Gasteiger partial charge in [0.25, 0.3) is 11.8 Å². The molecule has 1 aliphatic carbocycles. The smallest absolute Gasteiger partial charge is 0.419 e. The normalized spacial score (nSPS) is 22.2. The van der Waals surface area contributed by atoms with Gasteiger partial charge in [0.15, 0.2) is 9.84 Å². The number of rotatable bonds is 5. The van der Waals surface area contributed by atoms with Crippen LogP contribution in [-0.4, -0.2) is 51.1 Å². The van der Waals surface area contributed by atoms with Crippen molar-refractivity contribution >= 4 is 27.3 Å². The second-order valence-corrected chi connectivity index (χ2v) is 10.6. The van der Waals surface area contributed by atoms with E-state index in [1.165, 1.54) is 6.07 Å². The van der Waals surface area contributed by atoms with Crippen LogP contribution in [0.25, 0.3) is 0 Å². The molecule has 0 radical (unpaired) electrons. The van der Waals surface area contributed by atoms with Gasteiger partial charge in [0, 0.05) is 6.42 Å². The molecule has 1 fully saturated rings. The van der Waals surface area contributed by atoms with Gasteiger partial charge in [0.1, 0.15) is 11.6 Å². The number of anilines is 1. The molecule has 37 heavy (non-hydrogen) atoms. The summed E-state index contributed by atoms with van der Waals surface area (Å²) in [6.07, 6.45) is -5.50. The van der Waals surface area contributed by atoms with E-state index in [-0.39, 0.29) is 5.56 Å². The first kappa shape index (κ1) is 26.7. The lowest BCUT2D eigenvalue weighted by atomic mass is 10.1. The molecule has 2 amide bonds. The Labute approximate surface area is 206 Å². The van der Waals surface area contributed by atoms with E-state index in [9.17, 15) is 44.3 Å². The molecule has 1 heterocycles. The van der Waals surface area contributed by atoms with Crippen LogP contribution in [0.2, 0.25) is 0 Å². The summed E-state index contributed by atoms with van der Waals surface area (Å²) >= 11 is 0. The molecule has 1 aliphatic heterocycles. The molecule has 1 unspecified atom stereocenters. The third-order valence-corrected chi connectivity index (χ3v) is 7.74. The van der Waals surface area contributed by atoms with Crippen LogP contribution in [0.3, 0.4) is 0 Å². The second kappa shape index (κ2) is 8.90. The number of amides is 2. The Morgan fingerprint density at radius 3 is 2.46 bits per heavy atom. The quantitative estimate of drug-likeness (QED) is 0.552. The average Bonchev–Trinajstić information content (AvgIpc) is 3.41. The largest absolute Gasteiger partial charge is 0.496 e. The molecule has 2 aliphatic rings. The number of hydrogen-bond donors (Lipinski definition) is 2. The van der Waals surface area contributed by atoms with E-state index in [0.29, 0.717) is 23.1 Å². The Balaban J connectivity index is 1.81. The lowest BCUT2D eigenvalue weighted by Crippen LogP contribution is -2.45. The average molecular weight is 551 g/mol. The lowest BCUT2D eigenvalue weighted by Gasteiger charge is -2.25. The molecule has 4 rings (SSSR count). The van der Waals surface area contributed by atoms with Gasteiger partial charge in [0.2, 0.25) is 5.91 Å². The number of fused-ring (bicyclic) bond motifs is 1. The standard InChI is InChI=1S/C22H19F6N3O5S/c1-36-16-3-2-10(4-12(16)22(26,27)28)8-31-15-5-11(19(32)30-18-7-21(18,24)25)13(23)6-17(15)37(34,35)9-14(29)20(31)33/h2-6,14,18H,7-9,29H2,1H3,(H,30,32)/t14-,18?/m0/s1. The monoisotopic (exact) mass is 551 g/mol. The van der Waals surface area contributed by atoms with Crippen molar-refractivity contribution in [1.29, 1.82) is 0 Å². The van der Waals surface area contributed by atoms with Crippen molar-refractivity contribution in [2.75, 3.05) is 17.8 Å². The van der Waals surface area contributed by atoms with E-state index < -0.39 is 97.8 Å². The van der Waals surface area contributed by atoms with E-state index in [1.807, 2.05) is 5.32 Å². The molecule has 1 saturated carbocycles. The summed E-state index contributed by atoms with van der Waals surface area (Å²) in [5, 5.41) is 1.92. The molecule has 3 N–H and O–H groups in total. The minimum atomic E-state index is -4.83. The van der Waals surface area contributed by atoms with Gasteiger partial charge in [-0.1, -0.05) is 6.07 Å². The zero-order chi connectivity index (χ0) is 27.5. The number of nitrogens with two attached hydrogens (primary N) is 1. The maximum Gasteiger partial charge on any atom is 0.419 e. The number of carbonyl (C=O) groups is 2. The molecule has 0 aromatic heterocycles. The highest BCUT2D eigenvalue weighted by Crippen LogP contribution is 2.42. The molecule has 0 bridgehead atoms. The molecule has 200 valence electrons. The molecule has 2 aromatic carbocycles. The Morgan fingerprint density at radius 2 is 1.89 bits per heavy atom. The molecule has 2 aromatic rings. The zero-order valence-corrected chi connectivity index (χ0v) is 19.7. The second-order valence-electron chi connectivity index (χ2n) is 8.64. The van der Waals surface area contributed by atoms with Gasteiger partial charge in [-0.05, 0) is 29.8 Å². The van der Waals surface area contributed by atoms with Crippen LogP contribution in [0, 0.1) is 5.82 Å². The summed E-state index contributed by atoms with van der Waals surface area (Å²) in [5.41, 5.74) is 3.08. The number of benzene rings is 2. The molecule has 0 saturated heterocycles. The van der Waals surface area contributed by atoms with Crippen LogP contribution in [0.4, 0.5) is 32.0 Å². The summed E-state index contributed by atoms with van der Waals surface area (Å²) in [4.78, 5) is 25.5. The highest BCUT2D eigenvalue weighted by Gasteiger charge is 2.58. The van der Waals surface area contributed by atoms with Gasteiger partial charge in [-0.2, -0.15) is 13.2 Å². The third-order valence-electron chi connectivity index (χ3n) is 5.94. The number of hydrogen-bond acceptors (Lipinski definition) is 6. The number of carbonyl (C=O) groups excluding carboxylic acids is 2. The van der Waals surface area contributed by atoms with Gasteiger partial charge in [-0.3, -0.25) is 9.59 Å². The fourth-order valence-electron chi connectivity index (χ4n) is 3.92. The summed E-state index contributed by atoms with van der Waals surface area (Å²) in [6, 6.07) is 0.801. The number of nitrogens with one attached hydrogen (secondary N) is 1. The van der Waals surface area contributed by atoms with Crippen molar-refractivity contribution in [3.63, 3.8) is 0 Å². The van der Waals surface area contributed by atoms with Crippen molar-refractivity contribution < 1.29 is 49.1 Å². The van der Waals surface area contributed by atoms with Crippen LogP contribution in [0.5, 0.6) is 5.75 Å². The van der Waals surface area contributed by atoms with Crippen molar-refractivity contribution in [3.05, 3.63) is 52.8 Å². The van der Waals surface area contributed by atoms with E-state index in [2.05, 4.69) is 0 Å². The fourth-order valence-corrected chi connectivity index (χ4v) is 5.49. The van der Waals surface area contributed by atoms with Crippen molar-refractivity contribution in [1.82, 2.24) is 5.32 Å². The molecule has 15 heteroatoms. The minimum Gasteiger partial charge on any atom is -0.496 e. The lowest BCUT2D eigenvalue weighted by molar-refractivity contribution is -0.138. The number of methoxy groups -OCH3 is 1. The van der Waals surface area contributed by atoms with E-state index in [1.54, 1.807) is 0 Å². The van der Waals surface area contributed by atoms with Crippen LogP contribution in [0.15, 0.2) is 35.2 Å². The highest BCUT2D eigenvalue weighted by molar-refractivity contribution is 7.91. The number of sulfone groups is 1. The first-order chi connectivity index (χ1) is 17.0. The van der Waals surface area contributed by atoms with Crippen molar-refractivity contribution in [2.24, 2.45) is 5.73 Å². The van der Waals surface area contributed by atoms with Gasteiger partial charge >= 0.3 is 6.18 Å². The predicted molar refractivity (Wildman–Crippen MR) is 116 cm³/mol. The molecule has 2 atom stereocenters. The Hall–Kier alpha value is -3.33. The number of halogens is 6. The summed E-state index contributed by atoms with van der Waals surface area (Å²) in [5.74, 6) is -8.31. The summed E-state index contributed by atoms with van der Waals surface area (Å²) in [6.45, 7) is -0.643. The molecular formula is C22H19F6N3O5S. The number of ether oxygens (including phenoxy) is 1. The topological polar surface area (TPSA) is 119 Å². The Bertz CT molecular complexity index is 1400. The van der Waals surface area contributed by atoms with Crippen LogP contribution < -0.4 is 20.7 Å². The van der Waals surface area contributed by atoms with Gasteiger partial charge in [0.05, 0.1) is 53.2 Å². The van der Waals surface area contributed by atoms with Gasteiger partial charge in [-0.25, -0.2) is 21.6 Å². The van der Waals surface area contributed by atoms with E-state index in [0.717, 1.165) is 13.2 Å². The number of alkyl halides is 5. The molecule has 8 nitrogen and oxygen atoms in total. The Morgan fingerprint density at radius 1 is 1.24 bits per heavy atom. The SMILES string of the molecule is COc1ccc(CN2C(=O)[C@@H](N)CS(=O)(=O)c3cc(F)c(C(=O)NC4CC4(F)F)cc32)cc1C(F)(F)F. The zero-order valence-electron chi connectivity index (χ0n) is 18.9. The fraction of sp³-hybridized carbons (Fsp3) is 0.364. The first-order valence-electron chi connectivity index (χ1n) is 10.6. The Kier molecular flexibility index (Phi) is 6.43. The highest BCUT2D eigenvalue weighted by atomic mass is 32.2. The number of nitrogens with zero attached hydrogens (tertiary/aromatic N) is 1. The van der Waals surface area contributed by atoms with Crippen molar-refractivity contribution in [3.8, 4) is 5.75 Å². The van der Waals surface area contributed by atoms with Crippen LogP contribution >= 0.6 is 0 Å². The third kappa shape index (κ3) is 5.09. The van der Waals surface area contributed by atoms with Gasteiger partial charge in [-0.15, -0.1) is 0 Å². The van der Waals surface area contributed by atoms with Crippen molar-refractivity contribution in [2.45, 2.75) is 42.0 Å². The maximum absolute atomic E-state index is 14.8. The van der Waals surface area contributed by atoms with E-state index >= 15 is 0 Å². The maximum atomic E-state index is 14.8. The van der Waals surface area contributed by atoms with Crippen LogP contribution in [0.1, 0.15) is 27.9 Å². The van der Waals surface area contributed by atoms with Crippen LogP contribution in [-0.2, 0) is 27.4 Å². The minimum absolute atomic E-state index is 0.119.